The second-order valence-electron chi connectivity index (χ2n) is 12.8. The van der Waals surface area contributed by atoms with Crippen LogP contribution in [0.4, 0.5) is 0 Å². The lowest BCUT2D eigenvalue weighted by atomic mass is 10.1. The molecular weight excluding hydrogens is 704 g/mol. The van der Waals surface area contributed by atoms with Crippen molar-refractivity contribution in [2.24, 2.45) is 0 Å². The summed E-state index contributed by atoms with van der Waals surface area (Å²) in [6.45, 7) is 9.70. The monoisotopic (exact) mass is 779 g/mol. The van der Waals surface area contributed by atoms with E-state index in [0.29, 0.717) is 6.42 Å². The van der Waals surface area contributed by atoms with E-state index in [9.17, 15) is 19.0 Å². The number of esters is 2. The predicted molar refractivity (Wildman–Crippen MR) is 219 cm³/mol. The lowest BCUT2D eigenvalue weighted by molar-refractivity contribution is -0.228. The Hall–Kier alpha value is -0.770. The molecule has 0 aromatic rings. The number of unbranched alkanes of at least 4 members (excludes halogenated alkanes) is 16. The van der Waals surface area contributed by atoms with Gasteiger partial charge in [-0.15, -0.1) is 0 Å². The first kappa shape index (κ1) is 52.3. The van der Waals surface area contributed by atoms with Crippen molar-refractivity contribution in [2.75, 3.05) is 42.8 Å². The number of ether oxygens (including phenoxy) is 2. The topological polar surface area (TPSA) is 111 Å². The van der Waals surface area contributed by atoms with Gasteiger partial charge in [-0.1, -0.05) is 130 Å². The molecule has 0 aliphatic rings. The summed E-state index contributed by atoms with van der Waals surface area (Å²) in [4.78, 5) is 35.8. The van der Waals surface area contributed by atoms with Gasteiger partial charge in [-0.2, -0.15) is 23.5 Å². The number of carbonyl (C=O) groups excluding carboxylic acids is 2. The Balaban J connectivity index is 0. The molecule has 302 valence electrons. The minimum absolute atomic E-state index is 0.000507. The van der Waals surface area contributed by atoms with E-state index < -0.39 is 32.5 Å². The number of hydrogen-bond acceptors (Lipinski definition) is 10. The quantitative estimate of drug-likeness (QED) is 0.0264. The van der Waals surface area contributed by atoms with Crippen molar-refractivity contribution in [3.63, 3.8) is 0 Å². The molecule has 2 atom stereocenters. The average Bonchev–Trinajstić information content (AvgIpc) is 3.12. The highest BCUT2D eigenvalue weighted by atomic mass is 32.2. The van der Waals surface area contributed by atoms with Crippen molar-refractivity contribution in [1.29, 1.82) is 0 Å². The Labute approximate surface area is 322 Å². The molecule has 0 aliphatic carbocycles. The van der Waals surface area contributed by atoms with E-state index in [0.717, 1.165) is 37.2 Å². The van der Waals surface area contributed by atoms with Gasteiger partial charge in [-0.25, -0.2) is 0 Å². The van der Waals surface area contributed by atoms with Crippen molar-refractivity contribution < 1.29 is 37.6 Å². The maximum Gasteiger partial charge on any atom is 0.316 e. The first-order valence-electron chi connectivity index (χ1n) is 20.2. The first-order valence-corrected chi connectivity index (χ1v) is 23.9. The van der Waals surface area contributed by atoms with Crippen molar-refractivity contribution >= 4 is 43.3 Å². The maximum atomic E-state index is 12.3. The van der Waals surface area contributed by atoms with E-state index in [1.54, 1.807) is 6.92 Å². The zero-order chi connectivity index (χ0) is 38.1. The number of carbonyl (C=O) groups is 2. The molecule has 8 nitrogen and oxygen atoms in total. The van der Waals surface area contributed by atoms with Gasteiger partial charge in [-0.05, 0) is 75.7 Å². The summed E-state index contributed by atoms with van der Waals surface area (Å²) in [5.41, 5.74) is 0. The average molecular weight is 780 g/mol. The van der Waals surface area contributed by atoms with Crippen LogP contribution in [0, 0.1) is 0 Å². The first-order chi connectivity index (χ1) is 24.8. The molecular formula is C40H76O8PS2-. The lowest BCUT2D eigenvalue weighted by Gasteiger charge is -2.25. The van der Waals surface area contributed by atoms with Crippen LogP contribution in [0.2, 0.25) is 0 Å². The van der Waals surface area contributed by atoms with Gasteiger partial charge in [0, 0.05) is 0 Å². The highest BCUT2D eigenvalue weighted by molar-refractivity contribution is 8.00. The van der Waals surface area contributed by atoms with Crippen LogP contribution >= 0.6 is 31.3 Å². The van der Waals surface area contributed by atoms with Gasteiger partial charge in [0.15, 0.2) is 6.10 Å². The largest absolute Gasteiger partial charge is 0.756 e. The molecule has 0 radical (unpaired) electrons. The number of rotatable bonds is 36. The summed E-state index contributed by atoms with van der Waals surface area (Å²) in [6.07, 6.45) is 34.6. The lowest BCUT2D eigenvalue weighted by Crippen LogP contribution is -2.31. The standard InChI is InChI=1S/C26H49O8PS2.C14H28/c1-4-7-8-9-10-11-12-13-14-15-16-17-19-37-23-26(28)34-24(20-31-25(27)22-36-6-3)21-33-35(29,30)32-18-5-2;1-3-5-7-9-11-13-14-12-10-8-6-4-2/h12-13,24H,4-11,14-23H2,1-3H3,(H,29,30);11,13H,3-10,12,14H2,1-2H3/p-1/b13-12-;13-11-. The molecule has 0 N–H and O–H groups in total. The molecule has 0 fully saturated rings. The molecule has 0 saturated carbocycles. The predicted octanol–water partition coefficient (Wildman–Crippen LogP) is 11.8. The van der Waals surface area contributed by atoms with E-state index in [2.05, 4.69) is 49.6 Å². The van der Waals surface area contributed by atoms with Gasteiger partial charge in [0.25, 0.3) is 7.82 Å². The number of thioether (sulfide) groups is 2. The molecule has 0 bridgehead atoms. The van der Waals surface area contributed by atoms with Crippen LogP contribution in [0.3, 0.4) is 0 Å². The zero-order valence-corrected chi connectivity index (χ0v) is 35.7. The van der Waals surface area contributed by atoms with Crippen LogP contribution in [0.5, 0.6) is 0 Å². The Kier molecular flexibility index (Phi) is 43.1. The molecule has 0 heterocycles. The third kappa shape index (κ3) is 43.5. The highest BCUT2D eigenvalue weighted by Gasteiger charge is 2.21. The second kappa shape index (κ2) is 42.0. The van der Waals surface area contributed by atoms with Gasteiger partial charge < -0.3 is 23.4 Å². The summed E-state index contributed by atoms with van der Waals surface area (Å²) in [5, 5.41) is 0. The summed E-state index contributed by atoms with van der Waals surface area (Å²) >= 11 is 2.87. The molecule has 11 heteroatoms. The van der Waals surface area contributed by atoms with E-state index in [1.807, 2.05) is 6.92 Å². The van der Waals surface area contributed by atoms with Gasteiger partial charge in [0.05, 0.1) is 24.7 Å². The fourth-order valence-electron chi connectivity index (χ4n) is 4.68. The van der Waals surface area contributed by atoms with Gasteiger partial charge >= 0.3 is 11.9 Å². The number of allylic oxidation sites excluding steroid dienone is 4. The summed E-state index contributed by atoms with van der Waals surface area (Å²) < 4.78 is 31.8. The smallest absolute Gasteiger partial charge is 0.316 e. The highest BCUT2D eigenvalue weighted by Crippen LogP contribution is 2.38. The van der Waals surface area contributed by atoms with Crippen molar-refractivity contribution in [1.82, 2.24) is 0 Å². The summed E-state index contributed by atoms with van der Waals surface area (Å²) in [5.74, 6) is 0.933. The molecule has 0 aromatic heterocycles. The Morgan fingerprint density at radius 1 is 0.588 bits per heavy atom. The number of phosphoric acid groups is 1. The Bertz CT molecular complexity index is 871. The van der Waals surface area contributed by atoms with Crippen molar-refractivity contribution in [3.8, 4) is 0 Å². The molecule has 0 amide bonds. The van der Waals surface area contributed by atoms with E-state index in [-0.39, 0.29) is 24.7 Å². The van der Waals surface area contributed by atoms with Crippen molar-refractivity contribution in [3.05, 3.63) is 24.3 Å². The molecule has 0 aromatic carbocycles. The van der Waals surface area contributed by atoms with E-state index in [4.69, 9.17) is 14.0 Å². The van der Waals surface area contributed by atoms with E-state index >= 15 is 0 Å². The zero-order valence-electron chi connectivity index (χ0n) is 33.2. The Morgan fingerprint density at radius 2 is 1.06 bits per heavy atom. The van der Waals surface area contributed by atoms with Crippen LogP contribution in [0.25, 0.3) is 0 Å². The fraction of sp³-hybridized carbons (Fsp3) is 0.850. The van der Waals surface area contributed by atoms with E-state index in [1.165, 1.54) is 126 Å². The molecule has 0 aliphatic heterocycles. The van der Waals surface area contributed by atoms with Gasteiger partial charge in [0.2, 0.25) is 0 Å². The van der Waals surface area contributed by atoms with Gasteiger partial charge in [0.1, 0.15) is 6.61 Å². The normalized spacial score (nSPS) is 13.2. The molecule has 2 unspecified atom stereocenters. The fourth-order valence-corrected chi connectivity index (χ4v) is 6.75. The SMILES string of the molecule is CCCCC/C=C\CCCCCCC.CCCCCCC/C=C\CCCCCSCC(=O)OC(COC(=O)CSCC)COP(=O)([O-])OCCC. The van der Waals surface area contributed by atoms with Crippen LogP contribution in [-0.4, -0.2) is 60.9 Å². The van der Waals surface area contributed by atoms with Crippen molar-refractivity contribution in [2.45, 2.75) is 176 Å². The summed E-state index contributed by atoms with van der Waals surface area (Å²) in [7, 11) is -4.52. The summed E-state index contributed by atoms with van der Waals surface area (Å²) in [6, 6.07) is 0. The minimum Gasteiger partial charge on any atom is -0.756 e. The maximum absolute atomic E-state index is 12.3. The molecule has 0 spiro atoms. The molecule has 0 saturated heterocycles. The third-order valence-electron chi connectivity index (χ3n) is 7.66. The third-order valence-corrected chi connectivity index (χ3v) is 10.5. The number of hydrogen-bond donors (Lipinski definition) is 0. The Morgan fingerprint density at radius 3 is 1.57 bits per heavy atom. The van der Waals surface area contributed by atoms with Gasteiger partial charge in [-0.3, -0.25) is 14.2 Å². The van der Waals surface area contributed by atoms with Crippen LogP contribution < -0.4 is 4.89 Å². The van der Waals surface area contributed by atoms with Crippen LogP contribution in [-0.2, 0) is 32.7 Å². The number of phosphoric ester groups is 1. The molecule has 51 heavy (non-hydrogen) atoms. The minimum atomic E-state index is -4.52. The second-order valence-corrected chi connectivity index (χ2v) is 16.5. The van der Waals surface area contributed by atoms with Crippen LogP contribution in [0.15, 0.2) is 24.3 Å². The molecule has 0 rings (SSSR count). The van der Waals surface area contributed by atoms with Crippen LogP contribution in [0.1, 0.15) is 169 Å².